The number of hydrogen-bond donors (Lipinski definition) is 0. The van der Waals surface area contributed by atoms with E-state index in [1.165, 1.54) is 21.9 Å². The minimum absolute atomic E-state index is 1.32. The van der Waals surface area contributed by atoms with Gasteiger partial charge in [0.2, 0.25) is 0 Å². The van der Waals surface area contributed by atoms with E-state index in [9.17, 15) is 0 Å². The SMILES string of the molecule is C1=Cc2ccc3ccccc3c2[CH+]1. The van der Waals surface area contributed by atoms with E-state index in [-0.39, 0.29) is 0 Å². The van der Waals surface area contributed by atoms with Gasteiger partial charge in [-0.3, -0.25) is 0 Å². The van der Waals surface area contributed by atoms with E-state index in [4.69, 9.17) is 0 Å². The highest BCUT2D eigenvalue weighted by atomic mass is 14.1. The third-order valence-corrected chi connectivity index (χ3v) is 2.54. The summed E-state index contributed by atoms with van der Waals surface area (Å²) >= 11 is 0. The Morgan fingerprint density at radius 3 is 2.85 bits per heavy atom. The molecule has 0 saturated carbocycles. The maximum atomic E-state index is 2.18. The monoisotopic (exact) mass is 165 g/mol. The highest BCUT2D eigenvalue weighted by Crippen LogP contribution is 2.28. The molecule has 1 aliphatic carbocycles. The first-order valence-electron chi connectivity index (χ1n) is 4.48. The molecule has 0 aromatic heterocycles. The molecule has 0 N–H and O–H groups in total. The molecule has 0 heterocycles. The first-order valence-corrected chi connectivity index (χ1v) is 4.48. The van der Waals surface area contributed by atoms with Crippen LogP contribution in [0.3, 0.4) is 0 Å². The molecule has 0 amide bonds. The third-order valence-electron chi connectivity index (χ3n) is 2.54. The highest BCUT2D eigenvalue weighted by Gasteiger charge is 2.16. The van der Waals surface area contributed by atoms with Crippen LogP contribution in [0, 0.1) is 6.42 Å². The first-order chi connectivity index (χ1) is 6.45. The van der Waals surface area contributed by atoms with Crippen molar-refractivity contribution in [3.8, 4) is 0 Å². The second-order valence-electron chi connectivity index (χ2n) is 3.32. The van der Waals surface area contributed by atoms with Gasteiger partial charge in [-0.05, 0) is 24.3 Å². The number of allylic oxidation sites excluding steroid dienone is 1. The molecule has 0 radical (unpaired) electrons. The van der Waals surface area contributed by atoms with Crippen LogP contribution in [0.5, 0.6) is 0 Å². The van der Waals surface area contributed by atoms with Crippen molar-refractivity contribution in [3.05, 3.63) is 60.0 Å². The van der Waals surface area contributed by atoms with Crippen molar-refractivity contribution in [1.29, 1.82) is 0 Å². The van der Waals surface area contributed by atoms with Gasteiger partial charge < -0.3 is 0 Å². The molecular weight excluding hydrogens is 156 g/mol. The van der Waals surface area contributed by atoms with E-state index < -0.39 is 0 Å². The number of rotatable bonds is 0. The summed E-state index contributed by atoms with van der Waals surface area (Å²) in [5.74, 6) is 0. The average Bonchev–Trinajstić information content (AvgIpc) is 2.65. The van der Waals surface area contributed by atoms with Gasteiger partial charge in [0.15, 0.2) is 0 Å². The van der Waals surface area contributed by atoms with E-state index in [0.717, 1.165) is 0 Å². The number of hydrogen-bond acceptors (Lipinski definition) is 0. The predicted molar refractivity (Wildman–Crippen MR) is 56.4 cm³/mol. The van der Waals surface area contributed by atoms with E-state index in [1.807, 2.05) is 0 Å². The maximum absolute atomic E-state index is 2.18. The summed E-state index contributed by atoms with van der Waals surface area (Å²) < 4.78 is 0. The summed E-state index contributed by atoms with van der Waals surface area (Å²) in [5, 5.41) is 2.67. The number of fused-ring (bicyclic) bond motifs is 3. The van der Waals surface area contributed by atoms with Crippen LogP contribution in [0.2, 0.25) is 0 Å². The van der Waals surface area contributed by atoms with E-state index >= 15 is 0 Å². The molecule has 2 aromatic rings. The quantitative estimate of drug-likeness (QED) is 0.525. The Labute approximate surface area is 77.5 Å². The Morgan fingerprint density at radius 2 is 1.85 bits per heavy atom. The summed E-state index contributed by atoms with van der Waals surface area (Å²) in [6.45, 7) is 0. The van der Waals surface area contributed by atoms with Gasteiger partial charge in [-0.15, -0.1) is 0 Å². The molecule has 1 aliphatic rings. The molecule has 0 nitrogen and oxygen atoms in total. The van der Waals surface area contributed by atoms with Crippen molar-refractivity contribution in [1.82, 2.24) is 0 Å². The summed E-state index contributed by atoms with van der Waals surface area (Å²) in [5.41, 5.74) is 2.69. The average molecular weight is 165 g/mol. The Kier molecular flexibility index (Phi) is 1.25. The van der Waals surface area contributed by atoms with Gasteiger partial charge in [0, 0.05) is 17.9 Å². The molecule has 0 atom stereocenters. The maximum Gasteiger partial charge on any atom is 0.121 e. The lowest BCUT2D eigenvalue weighted by Gasteiger charge is -1.96. The van der Waals surface area contributed by atoms with Crippen LogP contribution in [0.4, 0.5) is 0 Å². The van der Waals surface area contributed by atoms with Crippen molar-refractivity contribution >= 4 is 16.8 Å². The third kappa shape index (κ3) is 0.888. The standard InChI is InChI=1S/C13H9/c1-2-6-12-10(4-1)8-9-11-5-3-7-13(11)12/h1-9H/q+1. The molecule has 0 aliphatic heterocycles. The molecular formula is C13H9+. The zero-order chi connectivity index (χ0) is 8.67. The van der Waals surface area contributed by atoms with Gasteiger partial charge in [-0.1, -0.05) is 12.1 Å². The summed E-state index contributed by atoms with van der Waals surface area (Å²) in [6.07, 6.45) is 6.44. The van der Waals surface area contributed by atoms with Gasteiger partial charge in [0.05, 0.1) is 11.5 Å². The fraction of sp³-hybridized carbons (Fsp3) is 0. The van der Waals surface area contributed by atoms with Crippen LogP contribution >= 0.6 is 0 Å². The van der Waals surface area contributed by atoms with Crippen molar-refractivity contribution in [2.24, 2.45) is 0 Å². The molecule has 0 unspecified atom stereocenters. The topological polar surface area (TPSA) is 0 Å². The molecule has 3 rings (SSSR count). The predicted octanol–water partition coefficient (Wildman–Crippen LogP) is 3.42. The van der Waals surface area contributed by atoms with Gasteiger partial charge in [0.25, 0.3) is 0 Å². The Hall–Kier alpha value is -1.69. The summed E-state index contributed by atoms with van der Waals surface area (Å²) in [7, 11) is 0. The van der Waals surface area contributed by atoms with E-state index in [2.05, 4.69) is 55.0 Å². The Morgan fingerprint density at radius 1 is 0.923 bits per heavy atom. The van der Waals surface area contributed by atoms with Crippen LogP contribution in [0.1, 0.15) is 11.1 Å². The van der Waals surface area contributed by atoms with E-state index in [1.54, 1.807) is 0 Å². The molecule has 0 heteroatoms. The lowest BCUT2D eigenvalue weighted by molar-refractivity contribution is 1.61. The zero-order valence-corrected chi connectivity index (χ0v) is 7.20. The van der Waals surface area contributed by atoms with Gasteiger partial charge >= 0.3 is 0 Å². The fourth-order valence-corrected chi connectivity index (χ4v) is 1.89. The summed E-state index contributed by atoms with van der Waals surface area (Å²) in [6, 6.07) is 12.9. The van der Waals surface area contributed by atoms with Crippen LogP contribution < -0.4 is 0 Å². The Bertz CT molecular complexity index is 492. The lowest BCUT2D eigenvalue weighted by Crippen LogP contribution is -1.82. The van der Waals surface area contributed by atoms with Gasteiger partial charge in [-0.2, -0.15) is 0 Å². The zero-order valence-electron chi connectivity index (χ0n) is 7.20. The van der Waals surface area contributed by atoms with Crippen molar-refractivity contribution in [3.63, 3.8) is 0 Å². The second-order valence-corrected chi connectivity index (χ2v) is 3.32. The van der Waals surface area contributed by atoms with Gasteiger partial charge in [-0.25, -0.2) is 0 Å². The van der Waals surface area contributed by atoms with Crippen LogP contribution in [-0.2, 0) is 0 Å². The fourth-order valence-electron chi connectivity index (χ4n) is 1.89. The number of benzene rings is 2. The minimum Gasteiger partial charge on any atom is -0.0599 e. The molecule has 0 fully saturated rings. The van der Waals surface area contributed by atoms with Crippen molar-refractivity contribution < 1.29 is 0 Å². The van der Waals surface area contributed by atoms with Crippen molar-refractivity contribution in [2.75, 3.05) is 0 Å². The molecule has 13 heavy (non-hydrogen) atoms. The molecule has 0 bridgehead atoms. The largest absolute Gasteiger partial charge is 0.121 e. The first kappa shape index (κ1) is 6.79. The van der Waals surface area contributed by atoms with Crippen LogP contribution in [0.25, 0.3) is 16.8 Å². The highest BCUT2D eigenvalue weighted by molar-refractivity contribution is 5.92. The smallest absolute Gasteiger partial charge is 0.0599 e. The van der Waals surface area contributed by atoms with E-state index in [0.29, 0.717) is 0 Å². The molecule has 0 saturated heterocycles. The Balaban J connectivity index is 2.46. The molecule has 0 spiro atoms. The van der Waals surface area contributed by atoms with Crippen LogP contribution in [-0.4, -0.2) is 0 Å². The lowest BCUT2D eigenvalue weighted by atomic mass is 10.0. The van der Waals surface area contributed by atoms with Crippen LogP contribution in [0.15, 0.2) is 42.5 Å². The second kappa shape index (κ2) is 2.40. The van der Waals surface area contributed by atoms with Gasteiger partial charge in [0.1, 0.15) is 11.1 Å². The summed E-state index contributed by atoms with van der Waals surface area (Å²) in [4.78, 5) is 0. The minimum atomic E-state index is 1.32. The normalized spacial score (nSPS) is 12.9. The van der Waals surface area contributed by atoms with Crippen molar-refractivity contribution in [2.45, 2.75) is 0 Å². The molecule has 2 aromatic carbocycles. The molecule has 60 valence electrons.